The van der Waals surface area contributed by atoms with Gasteiger partial charge in [0.05, 0.1) is 29.2 Å². The third kappa shape index (κ3) is 5.52. The van der Waals surface area contributed by atoms with E-state index in [-0.39, 0.29) is 11.3 Å². The summed E-state index contributed by atoms with van der Waals surface area (Å²) < 4.78 is 41.4. The lowest BCUT2D eigenvalue weighted by atomic mass is 9.47. The van der Waals surface area contributed by atoms with E-state index < -0.39 is 126 Å². The maximum atomic E-state index is 14.7. The van der Waals surface area contributed by atoms with Gasteiger partial charge in [0.2, 0.25) is 0 Å². The Balaban J connectivity index is 1.87. The van der Waals surface area contributed by atoms with Gasteiger partial charge in [-0.05, 0) is 19.1 Å². The number of aliphatic hydroxyl groups excluding tert-OH is 1. The Morgan fingerprint density at radius 2 is 1.58 bits per heavy atom. The van der Waals surface area contributed by atoms with E-state index in [1.54, 1.807) is 6.92 Å². The van der Waals surface area contributed by atoms with Crippen LogP contribution in [-0.4, -0.2) is 107 Å². The van der Waals surface area contributed by atoms with Gasteiger partial charge in [-0.2, -0.15) is 0 Å². The molecule has 3 heterocycles. The summed E-state index contributed by atoms with van der Waals surface area (Å²) >= 11 is 0. The summed E-state index contributed by atoms with van der Waals surface area (Å²) in [6, 6.07) is 2.96. The highest BCUT2D eigenvalue weighted by atomic mass is 16.6. The SMILES string of the molecule is CC(=O)OC[C@]12[C@H](OC(C)=O)C(=O)[C@@H]3[C@@H](O)[C@@]14O[C@@]3(C)COC(=O)c1cccnc1[C@H](C)[C@@H](C)C(=O)O[C@@H]([C@H](OC(C)=O)[C@@H]2OC(C)=O)[C@H]4C. The summed E-state index contributed by atoms with van der Waals surface area (Å²) in [6.07, 6.45) is -7.58. The van der Waals surface area contributed by atoms with E-state index in [0.29, 0.717) is 0 Å². The molecule has 3 fully saturated rings. The molecule has 16 nitrogen and oxygen atoms in total. The lowest BCUT2D eigenvalue weighted by molar-refractivity contribution is -0.335. The minimum absolute atomic E-state index is 0.0228. The van der Waals surface area contributed by atoms with Gasteiger partial charge in [0, 0.05) is 45.7 Å². The van der Waals surface area contributed by atoms with Crippen molar-refractivity contribution in [3.63, 3.8) is 0 Å². The van der Waals surface area contributed by atoms with Crippen molar-refractivity contribution >= 4 is 41.6 Å². The average Bonchev–Trinajstić information content (AvgIpc) is 3.24. The minimum atomic E-state index is -2.33. The lowest BCUT2D eigenvalue weighted by Gasteiger charge is -2.63. The lowest BCUT2D eigenvalue weighted by Crippen LogP contribution is -2.83. The fourth-order valence-corrected chi connectivity index (χ4v) is 8.39. The van der Waals surface area contributed by atoms with E-state index in [0.717, 1.165) is 27.7 Å². The van der Waals surface area contributed by atoms with Gasteiger partial charge in [0.25, 0.3) is 0 Å². The molecule has 1 saturated heterocycles. The number of rotatable bonds is 5. The van der Waals surface area contributed by atoms with Crippen molar-refractivity contribution in [3.05, 3.63) is 29.6 Å². The quantitative estimate of drug-likeness (QED) is 0.334. The fraction of sp³-hybridized carbons (Fsp3) is 0.647. The number of nitrogens with zero attached hydrogens (tertiary/aromatic N) is 1. The largest absolute Gasteiger partial charge is 0.465 e. The third-order valence-corrected chi connectivity index (χ3v) is 10.6. The van der Waals surface area contributed by atoms with Crippen LogP contribution in [-0.2, 0) is 61.9 Å². The van der Waals surface area contributed by atoms with E-state index in [4.69, 9.17) is 33.2 Å². The van der Waals surface area contributed by atoms with Gasteiger partial charge in [-0.25, -0.2) is 4.79 Å². The fourth-order valence-electron chi connectivity index (χ4n) is 8.39. The van der Waals surface area contributed by atoms with Gasteiger partial charge in [-0.3, -0.25) is 33.8 Å². The van der Waals surface area contributed by atoms with Crippen LogP contribution >= 0.6 is 0 Å². The molecule has 1 aromatic heterocycles. The van der Waals surface area contributed by atoms with Crippen molar-refractivity contribution in [3.8, 4) is 0 Å². The number of ether oxygens (including phenoxy) is 7. The van der Waals surface area contributed by atoms with Crippen molar-refractivity contribution in [1.82, 2.24) is 4.98 Å². The Morgan fingerprint density at radius 3 is 2.18 bits per heavy atom. The van der Waals surface area contributed by atoms with Crippen LogP contribution in [0.1, 0.15) is 77.4 Å². The Labute approximate surface area is 287 Å². The number of carbonyl (C=O) groups is 7. The molecular weight excluding hydrogens is 662 g/mol. The molecule has 16 heteroatoms. The minimum Gasteiger partial charge on any atom is -0.465 e. The number of ketones is 1. The molecule has 0 unspecified atom stereocenters. The molecule has 1 spiro atoms. The molecule has 0 radical (unpaired) electrons. The molecule has 2 saturated carbocycles. The predicted octanol–water partition coefficient (Wildman–Crippen LogP) is 0.985. The molecule has 5 rings (SSSR count). The Bertz CT molecular complexity index is 1630. The summed E-state index contributed by atoms with van der Waals surface area (Å²) in [6.45, 7) is 8.71. The number of hydrogen-bond acceptors (Lipinski definition) is 16. The Morgan fingerprint density at radius 1 is 0.940 bits per heavy atom. The first-order valence-corrected chi connectivity index (χ1v) is 16.2. The molecule has 4 bridgehead atoms. The highest BCUT2D eigenvalue weighted by molar-refractivity contribution is 5.93. The Kier molecular flexibility index (Phi) is 9.60. The first-order chi connectivity index (χ1) is 23.3. The third-order valence-electron chi connectivity index (χ3n) is 10.6. The zero-order valence-electron chi connectivity index (χ0n) is 29.0. The van der Waals surface area contributed by atoms with E-state index in [2.05, 4.69) is 4.98 Å². The second-order valence-electron chi connectivity index (χ2n) is 13.7. The first kappa shape index (κ1) is 36.8. The van der Waals surface area contributed by atoms with Gasteiger partial charge in [-0.15, -0.1) is 0 Å². The van der Waals surface area contributed by atoms with Crippen molar-refractivity contribution in [2.75, 3.05) is 13.2 Å². The van der Waals surface area contributed by atoms with Crippen LogP contribution in [0.5, 0.6) is 0 Å². The van der Waals surface area contributed by atoms with Crippen LogP contribution in [0.15, 0.2) is 18.3 Å². The predicted molar refractivity (Wildman–Crippen MR) is 164 cm³/mol. The monoisotopic (exact) mass is 703 g/mol. The second kappa shape index (κ2) is 13.0. The van der Waals surface area contributed by atoms with Crippen LogP contribution in [0.3, 0.4) is 0 Å². The molecule has 1 N–H and O–H groups in total. The average molecular weight is 704 g/mol. The van der Waals surface area contributed by atoms with Gasteiger partial charge in [-0.1, -0.05) is 20.8 Å². The molecule has 0 aromatic carbocycles. The van der Waals surface area contributed by atoms with Crippen LogP contribution in [0.4, 0.5) is 0 Å². The summed E-state index contributed by atoms with van der Waals surface area (Å²) in [5.41, 5.74) is -6.20. The van der Waals surface area contributed by atoms with Crippen LogP contribution in [0.25, 0.3) is 0 Å². The highest BCUT2D eigenvalue weighted by Crippen LogP contribution is 2.67. The number of esters is 6. The molecular formula is C34H41NO15. The number of aromatic nitrogens is 1. The van der Waals surface area contributed by atoms with Crippen LogP contribution in [0.2, 0.25) is 0 Å². The van der Waals surface area contributed by atoms with Crippen LogP contribution < -0.4 is 0 Å². The molecule has 50 heavy (non-hydrogen) atoms. The number of hydrogen-bond donors (Lipinski definition) is 1. The number of cyclic esters (lactones) is 1. The summed E-state index contributed by atoms with van der Waals surface area (Å²) in [4.78, 5) is 97.5. The molecule has 2 aliphatic heterocycles. The van der Waals surface area contributed by atoms with Gasteiger partial charge < -0.3 is 38.3 Å². The number of aliphatic hydroxyl groups is 1. The molecule has 12 atom stereocenters. The standard InChI is InChI=1S/C34H41NO15/c1-14-15(2)30(42)49-25-16(3)34-27(41)22(32(8,50-34)12-45-31(43)21-10-9-11-35-23(14)21)24(40)28(47-19(6)38)33(34,13-44-17(4)36)29(48-20(7)39)26(25)46-18(5)37/h9-11,14-16,22,25-29,41H,12-13H2,1-8H3/t14-,15-,16-,22-,25-,26+,27-,28-,29+,32+,33-,34-/m1/s1. The van der Waals surface area contributed by atoms with Gasteiger partial charge in [0.15, 0.2) is 24.1 Å². The number of pyridine rings is 1. The smallest absolute Gasteiger partial charge is 0.340 e. The number of fused-ring (bicyclic) bond motifs is 5. The maximum Gasteiger partial charge on any atom is 0.340 e. The zero-order chi connectivity index (χ0) is 37.1. The molecule has 2 aliphatic carbocycles. The second-order valence-corrected chi connectivity index (χ2v) is 13.7. The van der Waals surface area contributed by atoms with Crippen molar-refractivity contribution < 1.29 is 71.8 Å². The van der Waals surface area contributed by atoms with Gasteiger partial charge >= 0.3 is 35.8 Å². The highest BCUT2D eigenvalue weighted by Gasteiger charge is 2.86. The number of carbonyl (C=O) groups excluding carboxylic acids is 7. The topological polar surface area (TPSA) is 217 Å². The molecule has 0 amide bonds. The van der Waals surface area contributed by atoms with Crippen molar-refractivity contribution in [2.45, 2.75) is 103 Å². The summed E-state index contributed by atoms with van der Waals surface area (Å²) in [5.74, 6) is -11.0. The summed E-state index contributed by atoms with van der Waals surface area (Å²) in [7, 11) is 0. The van der Waals surface area contributed by atoms with Crippen LogP contribution in [0, 0.1) is 23.2 Å². The molecule has 1 aromatic rings. The van der Waals surface area contributed by atoms with E-state index >= 15 is 0 Å². The van der Waals surface area contributed by atoms with Gasteiger partial charge in [0.1, 0.15) is 35.9 Å². The molecule has 4 aliphatic rings. The first-order valence-electron chi connectivity index (χ1n) is 16.2. The maximum absolute atomic E-state index is 14.7. The van der Waals surface area contributed by atoms with Crippen molar-refractivity contribution in [2.24, 2.45) is 23.2 Å². The summed E-state index contributed by atoms with van der Waals surface area (Å²) in [5, 5.41) is 12.4. The number of Topliss-reactive ketones (excluding diaryl/α,β-unsaturated/α-hetero) is 1. The van der Waals surface area contributed by atoms with E-state index in [1.807, 2.05) is 0 Å². The Hall–Kier alpha value is -4.44. The van der Waals surface area contributed by atoms with E-state index in [1.165, 1.54) is 39.1 Å². The van der Waals surface area contributed by atoms with Crippen molar-refractivity contribution in [1.29, 1.82) is 0 Å². The normalized spacial score (nSPS) is 39.2. The van der Waals surface area contributed by atoms with E-state index in [9.17, 15) is 38.7 Å². The zero-order valence-corrected chi connectivity index (χ0v) is 29.0. The molecule has 272 valence electrons.